The van der Waals surface area contributed by atoms with Crippen LogP contribution >= 0.6 is 0 Å². The van der Waals surface area contributed by atoms with E-state index in [1.807, 2.05) is 62.4 Å². The van der Waals surface area contributed by atoms with Crippen molar-refractivity contribution in [1.29, 1.82) is 0 Å². The molecule has 0 bridgehead atoms. The van der Waals surface area contributed by atoms with Gasteiger partial charge in [0, 0.05) is 10.9 Å². The van der Waals surface area contributed by atoms with Crippen LogP contribution in [0.1, 0.15) is 30.4 Å². The number of benzene rings is 2. The quantitative estimate of drug-likeness (QED) is 0.587. The Bertz CT molecular complexity index is 1090. The van der Waals surface area contributed by atoms with E-state index in [-0.39, 0.29) is 17.8 Å². The molecule has 6 heteroatoms. The SMILES string of the molecule is CCC(C(=O)Nc1nnc2c(n1)[nH]c1ccc(C)cc12)c1ccccc1. The zero-order chi connectivity index (χ0) is 18.1. The molecule has 1 unspecified atom stereocenters. The van der Waals surface area contributed by atoms with E-state index in [0.29, 0.717) is 17.6 Å². The van der Waals surface area contributed by atoms with Crippen LogP contribution < -0.4 is 5.32 Å². The standard InChI is InChI=1S/C20H19N5O/c1-3-14(13-7-5-4-6-8-13)19(26)23-20-22-18-17(24-25-20)15-11-12(2)9-10-16(15)21-18/h4-11,14H,3H2,1-2H3,(H2,21,22,23,25,26). The average molecular weight is 345 g/mol. The number of carbonyl (C=O) groups is 1. The number of nitrogens with zero attached hydrogens (tertiary/aromatic N) is 3. The average Bonchev–Trinajstić information content (AvgIpc) is 3.00. The van der Waals surface area contributed by atoms with E-state index >= 15 is 0 Å². The molecule has 0 saturated carbocycles. The summed E-state index contributed by atoms with van der Waals surface area (Å²) in [5.41, 5.74) is 4.39. The van der Waals surface area contributed by atoms with E-state index in [1.54, 1.807) is 0 Å². The van der Waals surface area contributed by atoms with Gasteiger partial charge in [0.25, 0.3) is 5.95 Å². The molecule has 0 spiro atoms. The number of H-pyrrole nitrogens is 1. The number of aryl methyl sites for hydroxylation is 1. The topological polar surface area (TPSA) is 83.6 Å². The zero-order valence-corrected chi connectivity index (χ0v) is 14.7. The van der Waals surface area contributed by atoms with Crippen molar-refractivity contribution in [3.8, 4) is 0 Å². The number of aromatic amines is 1. The summed E-state index contributed by atoms with van der Waals surface area (Å²) in [6.07, 6.45) is 0.692. The highest BCUT2D eigenvalue weighted by molar-refractivity contribution is 6.04. The van der Waals surface area contributed by atoms with Gasteiger partial charge in [0.1, 0.15) is 5.52 Å². The number of fused-ring (bicyclic) bond motifs is 3. The molecule has 4 aromatic rings. The maximum Gasteiger partial charge on any atom is 0.251 e. The molecule has 4 rings (SSSR count). The van der Waals surface area contributed by atoms with E-state index in [0.717, 1.165) is 22.0 Å². The van der Waals surface area contributed by atoms with Crippen molar-refractivity contribution in [1.82, 2.24) is 20.2 Å². The summed E-state index contributed by atoms with van der Waals surface area (Å²) in [5.74, 6) is -0.173. The molecule has 0 saturated heterocycles. The predicted molar refractivity (Wildman–Crippen MR) is 102 cm³/mol. The van der Waals surface area contributed by atoms with Crippen molar-refractivity contribution in [2.24, 2.45) is 0 Å². The zero-order valence-electron chi connectivity index (χ0n) is 14.7. The van der Waals surface area contributed by atoms with Gasteiger partial charge in [-0.1, -0.05) is 48.9 Å². The van der Waals surface area contributed by atoms with Crippen molar-refractivity contribution in [3.63, 3.8) is 0 Å². The minimum Gasteiger partial charge on any atom is -0.338 e. The van der Waals surface area contributed by atoms with Crippen LogP contribution in [0.15, 0.2) is 48.5 Å². The van der Waals surface area contributed by atoms with E-state index in [4.69, 9.17) is 0 Å². The summed E-state index contributed by atoms with van der Waals surface area (Å²) in [4.78, 5) is 20.3. The molecule has 0 aliphatic carbocycles. The third-order valence-electron chi connectivity index (χ3n) is 4.53. The maximum absolute atomic E-state index is 12.7. The Kier molecular flexibility index (Phi) is 4.08. The highest BCUT2D eigenvalue weighted by atomic mass is 16.2. The highest BCUT2D eigenvalue weighted by Crippen LogP contribution is 2.24. The van der Waals surface area contributed by atoms with Crippen molar-refractivity contribution in [3.05, 3.63) is 59.7 Å². The molecule has 2 aromatic carbocycles. The fourth-order valence-corrected chi connectivity index (χ4v) is 3.19. The molecule has 0 radical (unpaired) electrons. The second-order valence-corrected chi connectivity index (χ2v) is 6.37. The van der Waals surface area contributed by atoms with Crippen LogP contribution in [0.5, 0.6) is 0 Å². The summed E-state index contributed by atoms with van der Waals surface area (Å²) in [6.45, 7) is 4.02. The predicted octanol–water partition coefficient (Wildman–Crippen LogP) is 3.95. The van der Waals surface area contributed by atoms with Gasteiger partial charge in [-0.3, -0.25) is 10.1 Å². The van der Waals surface area contributed by atoms with Gasteiger partial charge in [-0.25, -0.2) is 0 Å². The third-order valence-corrected chi connectivity index (χ3v) is 4.53. The first kappa shape index (κ1) is 16.2. The molecule has 26 heavy (non-hydrogen) atoms. The Labute approximate surface area is 150 Å². The van der Waals surface area contributed by atoms with Gasteiger partial charge in [-0.15, -0.1) is 10.2 Å². The minimum absolute atomic E-state index is 0.133. The van der Waals surface area contributed by atoms with Gasteiger partial charge < -0.3 is 4.98 Å². The smallest absolute Gasteiger partial charge is 0.251 e. The van der Waals surface area contributed by atoms with Crippen molar-refractivity contribution in [2.45, 2.75) is 26.2 Å². The normalized spacial score (nSPS) is 12.4. The molecule has 0 fully saturated rings. The Morgan fingerprint density at radius 2 is 1.96 bits per heavy atom. The van der Waals surface area contributed by atoms with Gasteiger partial charge in [0.2, 0.25) is 5.91 Å². The highest BCUT2D eigenvalue weighted by Gasteiger charge is 2.20. The summed E-state index contributed by atoms with van der Waals surface area (Å²) in [5, 5.41) is 12.1. The fourth-order valence-electron chi connectivity index (χ4n) is 3.19. The molecule has 1 atom stereocenters. The Morgan fingerprint density at radius 3 is 2.73 bits per heavy atom. The molecule has 6 nitrogen and oxygen atoms in total. The number of hydrogen-bond acceptors (Lipinski definition) is 4. The first-order valence-electron chi connectivity index (χ1n) is 8.64. The first-order chi connectivity index (χ1) is 12.7. The summed E-state index contributed by atoms with van der Waals surface area (Å²) in [6, 6.07) is 15.8. The van der Waals surface area contributed by atoms with Crippen LogP contribution in [0.25, 0.3) is 22.1 Å². The molecule has 1 amide bonds. The van der Waals surface area contributed by atoms with Gasteiger partial charge in [-0.05, 0) is 31.0 Å². The molecule has 2 N–H and O–H groups in total. The number of rotatable bonds is 4. The number of aromatic nitrogens is 4. The first-order valence-corrected chi connectivity index (χ1v) is 8.64. The van der Waals surface area contributed by atoms with Crippen LogP contribution in [0.2, 0.25) is 0 Å². The van der Waals surface area contributed by atoms with Crippen molar-refractivity contribution >= 4 is 33.9 Å². The lowest BCUT2D eigenvalue weighted by molar-refractivity contribution is -0.117. The monoisotopic (exact) mass is 345 g/mol. The molecule has 0 aliphatic rings. The van der Waals surface area contributed by atoms with Crippen LogP contribution in [-0.2, 0) is 4.79 Å². The lowest BCUT2D eigenvalue weighted by Crippen LogP contribution is -2.22. The Balaban J connectivity index is 1.64. The van der Waals surface area contributed by atoms with E-state index in [2.05, 4.69) is 25.5 Å². The van der Waals surface area contributed by atoms with Crippen molar-refractivity contribution in [2.75, 3.05) is 5.32 Å². The second kappa shape index (κ2) is 6.55. The summed E-state index contributed by atoms with van der Waals surface area (Å²) >= 11 is 0. The van der Waals surface area contributed by atoms with E-state index in [9.17, 15) is 4.79 Å². The lowest BCUT2D eigenvalue weighted by Gasteiger charge is -2.14. The van der Waals surface area contributed by atoms with E-state index in [1.165, 1.54) is 0 Å². The summed E-state index contributed by atoms with van der Waals surface area (Å²) < 4.78 is 0. The van der Waals surface area contributed by atoms with Crippen LogP contribution in [-0.4, -0.2) is 26.1 Å². The van der Waals surface area contributed by atoms with Gasteiger partial charge >= 0.3 is 0 Å². The fraction of sp³-hybridized carbons (Fsp3) is 0.200. The van der Waals surface area contributed by atoms with Gasteiger partial charge in [0.05, 0.1) is 5.92 Å². The number of carbonyl (C=O) groups excluding carboxylic acids is 1. The molecular weight excluding hydrogens is 326 g/mol. The number of anilines is 1. The van der Waals surface area contributed by atoms with Crippen LogP contribution in [0, 0.1) is 6.92 Å². The molecule has 130 valence electrons. The maximum atomic E-state index is 12.7. The lowest BCUT2D eigenvalue weighted by atomic mass is 9.96. The van der Waals surface area contributed by atoms with Gasteiger partial charge in [0.15, 0.2) is 5.65 Å². The molecule has 0 aliphatic heterocycles. The van der Waals surface area contributed by atoms with Gasteiger partial charge in [-0.2, -0.15) is 4.98 Å². The van der Waals surface area contributed by atoms with Crippen molar-refractivity contribution < 1.29 is 4.79 Å². The number of nitrogens with one attached hydrogen (secondary N) is 2. The Morgan fingerprint density at radius 1 is 1.15 bits per heavy atom. The minimum atomic E-state index is -0.249. The number of amides is 1. The summed E-state index contributed by atoms with van der Waals surface area (Å²) in [7, 11) is 0. The Hall–Kier alpha value is -3.28. The van der Waals surface area contributed by atoms with Crippen LogP contribution in [0.4, 0.5) is 5.95 Å². The third kappa shape index (κ3) is 2.90. The molecular formula is C20H19N5O. The van der Waals surface area contributed by atoms with E-state index < -0.39 is 0 Å². The second-order valence-electron chi connectivity index (χ2n) is 6.37. The van der Waals surface area contributed by atoms with Crippen LogP contribution in [0.3, 0.4) is 0 Å². The largest absolute Gasteiger partial charge is 0.338 e. The molecule has 2 aromatic heterocycles. The number of hydrogen-bond donors (Lipinski definition) is 2. The molecule has 2 heterocycles.